The second kappa shape index (κ2) is 192. The monoisotopic (exact) mass is 473 g/mol. The lowest BCUT2D eigenvalue weighted by Crippen LogP contribution is -1.66. The van der Waals surface area contributed by atoms with Crippen molar-refractivity contribution in [2.45, 2.75) is 181 Å². The van der Waals surface area contributed by atoms with Crippen LogP contribution in [0, 0.1) is 23.7 Å². The summed E-state index contributed by atoms with van der Waals surface area (Å²) in [5.41, 5.74) is 0. The summed E-state index contributed by atoms with van der Waals surface area (Å²) >= 11 is 0. The summed E-state index contributed by atoms with van der Waals surface area (Å²) < 4.78 is 0. The molecular weight excluding hydrogens is 382 g/mol. The van der Waals surface area contributed by atoms with Gasteiger partial charge in [-0.3, -0.25) is 0 Å². The Hall–Kier alpha value is 0.130. The summed E-state index contributed by atoms with van der Waals surface area (Å²) in [4.78, 5) is 0. The van der Waals surface area contributed by atoms with Crippen LogP contribution in [-0.2, 0) is 0 Å². The van der Waals surface area contributed by atoms with Crippen LogP contribution in [0.5, 0.6) is 0 Å². The summed E-state index contributed by atoms with van der Waals surface area (Å²) in [7, 11) is 0. The Bertz CT molecular complexity index is 64.8. The molecule has 0 spiro atoms. The molecule has 0 aromatic rings. The fraction of sp³-hybridized carbons (Fsp3) is 1.00. The molecule has 0 heterocycles. The van der Waals surface area contributed by atoms with Crippen molar-refractivity contribution in [2.75, 3.05) is 0 Å². The highest BCUT2D eigenvalue weighted by atomic mass is 13.8. The molecule has 0 aromatic carbocycles. The minimum Gasteiger partial charge on any atom is -0.0776 e. The Kier molecular flexibility index (Phi) is 569. The molecular formula is C30H88B2. The molecule has 0 unspecified atom stereocenters. The largest absolute Gasteiger partial charge is 0.0776 e. The molecule has 0 bridgehead atoms. The van der Waals surface area contributed by atoms with E-state index in [0.29, 0.717) is 0 Å². The van der Waals surface area contributed by atoms with Crippen LogP contribution in [0.2, 0.25) is 0 Å². The van der Waals surface area contributed by atoms with E-state index < -0.39 is 0 Å². The Morgan fingerprint density at radius 3 is 0.250 bits per heavy atom. The van der Waals surface area contributed by atoms with E-state index in [1.165, 1.54) is 0 Å². The number of rotatable bonds is 0. The standard InChI is InChI=1S/4C4H10.6C2H6.2CH4.2B.2H2/c4*1-4(2)3;6*1-2;;;;;;/h4*4H,1-3H3;6*1-2H3;2*1H4;;;2*1H/i;;;;;;;;;;;;;;2*1+1. The highest BCUT2D eigenvalue weighted by Crippen LogP contribution is 1.82. The van der Waals surface area contributed by atoms with Gasteiger partial charge in [0, 0.05) is 19.7 Å². The Labute approximate surface area is 224 Å². The topological polar surface area (TPSA) is 0 Å². The predicted octanol–water partition coefficient (Wildman–Crippen LogP) is 13.8. The fourth-order valence-electron chi connectivity index (χ4n) is 0. The third-order valence-electron chi connectivity index (χ3n) is 0. The average molecular weight is 473 g/mol. The first-order chi connectivity index (χ1) is 12.9. The van der Waals surface area contributed by atoms with Gasteiger partial charge in [-0.2, -0.15) is 0 Å². The average Bonchev–Trinajstić information content (AvgIpc) is 2.63. The maximum absolute atomic E-state index is 2.17. The molecule has 0 saturated carbocycles. The Balaban J connectivity index is -0.00000000755. The van der Waals surface area contributed by atoms with Gasteiger partial charge in [-0.15, -0.1) is 0 Å². The van der Waals surface area contributed by atoms with Crippen molar-refractivity contribution in [3.8, 4) is 0 Å². The van der Waals surface area contributed by atoms with Gasteiger partial charge in [-0.25, -0.2) is 0 Å². The van der Waals surface area contributed by atoms with Gasteiger partial charge in [0.25, 0.3) is 0 Å². The second-order valence-electron chi connectivity index (χ2n) is 6.93. The summed E-state index contributed by atoms with van der Waals surface area (Å²) in [6.45, 7) is 50.0. The molecule has 6 radical (unpaired) electrons. The van der Waals surface area contributed by atoms with Gasteiger partial charge >= 0.3 is 0 Å². The van der Waals surface area contributed by atoms with Crippen LogP contribution < -0.4 is 0 Å². The summed E-state index contributed by atoms with van der Waals surface area (Å²) in [5.74, 6) is 3.33. The van der Waals surface area contributed by atoms with Crippen LogP contribution in [0.15, 0.2) is 0 Å². The quantitative estimate of drug-likeness (QED) is 0.307. The lowest BCUT2D eigenvalue weighted by atomic mass is 10.3. The van der Waals surface area contributed by atoms with Gasteiger partial charge in [0.15, 0.2) is 0 Å². The minimum atomic E-state index is 0. The van der Waals surface area contributed by atoms with Crippen LogP contribution >= 0.6 is 0 Å². The van der Waals surface area contributed by atoms with Crippen molar-refractivity contribution in [3.05, 3.63) is 0 Å². The first-order valence-electron chi connectivity index (χ1n) is 12.9. The predicted molar refractivity (Wildman–Crippen MR) is 179 cm³/mol. The van der Waals surface area contributed by atoms with Crippen LogP contribution in [0.1, 0.15) is 184 Å². The van der Waals surface area contributed by atoms with Gasteiger partial charge in [-0.05, 0) is 23.7 Å². The molecule has 0 amide bonds. The van der Waals surface area contributed by atoms with Gasteiger partial charge in [0.2, 0.25) is 0 Å². The molecule has 0 saturated heterocycles. The maximum atomic E-state index is 2.17. The molecule has 0 aliphatic rings. The lowest BCUT2D eigenvalue weighted by molar-refractivity contribution is 0.736. The third kappa shape index (κ3) is 1520000. The van der Waals surface area contributed by atoms with E-state index in [9.17, 15) is 0 Å². The first-order valence-corrected chi connectivity index (χ1v) is 12.9. The molecule has 0 aliphatic carbocycles. The summed E-state index contributed by atoms with van der Waals surface area (Å²) in [6.07, 6.45) is 0. The minimum absolute atomic E-state index is 0. The van der Waals surface area contributed by atoms with Gasteiger partial charge < -0.3 is 0 Å². The summed E-state index contributed by atoms with van der Waals surface area (Å²) in [6, 6.07) is 0. The molecule has 2 heteroatoms. The fourth-order valence-corrected chi connectivity index (χ4v) is 0. The Morgan fingerprint density at radius 1 is 0.250 bits per heavy atom. The molecule has 0 atom stereocenters. The highest BCUT2D eigenvalue weighted by molar-refractivity contribution is 5.76. The second-order valence-corrected chi connectivity index (χ2v) is 6.93. The Morgan fingerprint density at radius 2 is 0.250 bits per heavy atom. The van der Waals surface area contributed by atoms with E-state index in [0.717, 1.165) is 23.7 Å². The van der Waals surface area contributed by atoms with Crippen LogP contribution in [0.3, 0.4) is 0 Å². The number of hydrogen-bond acceptors (Lipinski definition) is 0. The molecule has 0 aliphatic heterocycles. The number of hydrogen-bond donors (Lipinski definition) is 0. The van der Waals surface area contributed by atoms with E-state index in [4.69, 9.17) is 0 Å². The molecule has 32 heavy (non-hydrogen) atoms. The zero-order valence-corrected chi connectivity index (χ0v) is 27.5. The van der Waals surface area contributed by atoms with Crippen molar-refractivity contribution < 1.29 is 2.85 Å². The zero-order valence-electron chi connectivity index (χ0n) is 27.5. The van der Waals surface area contributed by atoms with Gasteiger partial charge in [0.05, 0.1) is 0 Å². The van der Waals surface area contributed by atoms with E-state index >= 15 is 0 Å². The highest BCUT2D eigenvalue weighted by Gasteiger charge is 1.69. The smallest absolute Gasteiger partial charge is 0 e. The first kappa shape index (κ1) is 94.7. The molecule has 214 valence electrons. The van der Waals surface area contributed by atoms with E-state index in [2.05, 4.69) is 83.1 Å². The SMILES string of the molecule is C.C.CC.CC.CC.CC.CC.CC.CC(C)C.CC(C)C.CC(C)C.CC(C)C.[2HH].[2HH].[B].[B]. The molecule has 0 rings (SSSR count). The van der Waals surface area contributed by atoms with Crippen molar-refractivity contribution in [3.63, 3.8) is 0 Å². The molecule has 0 fully saturated rings. The summed E-state index contributed by atoms with van der Waals surface area (Å²) in [5, 5.41) is 0. The van der Waals surface area contributed by atoms with Crippen LogP contribution in [0.25, 0.3) is 0 Å². The van der Waals surface area contributed by atoms with Crippen molar-refractivity contribution >= 4 is 16.8 Å². The lowest BCUT2D eigenvalue weighted by Gasteiger charge is -1.79. The van der Waals surface area contributed by atoms with E-state index in [1.54, 1.807) is 0 Å². The third-order valence-corrected chi connectivity index (χ3v) is 0. The normalized spacial score (nSPS) is 5.62. The van der Waals surface area contributed by atoms with Crippen molar-refractivity contribution in [1.29, 1.82) is 0 Å². The van der Waals surface area contributed by atoms with Crippen LogP contribution in [0.4, 0.5) is 0 Å². The van der Waals surface area contributed by atoms with Gasteiger partial charge in [-0.1, -0.05) is 181 Å². The van der Waals surface area contributed by atoms with Crippen molar-refractivity contribution in [1.82, 2.24) is 0 Å². The van der Waals surface area contributed by atoms with Crippen molar-refractivity contribution in [2.24, 2.45) is 23.7 Å². The van der Waals surface area contributed by atoms with Gasteiger partial charge in [0.1, 0.15) is 0 Å². The van der Waals surface area contributed by atoms with Crippen LogP contribution in [-0.4, -0.2) is 16.8 Å². The van der Waals surface area contributed by atoms with E-state index in [1.807, 2.05) is 83.1 Å². The van der Waals surface area contributed by atoms with E-state index in [-0.39, 0.29) is 34.5 Å². The molecule has 0 aromatic heterocycles. The maximum Gasteiger partial charge on any atom is 0 e. The zero-order chi connectivity index (χ0) is 26.3. The molecule has 0 N–H and O–H groups in total. The molecule has 0 nitrogen and oxygen atoms in total.